The Labute approximate surface area is 202 Å². The largest absolute Gasteiger partial charge is 0.444 e. The molecule has 2 aromatic carbocycles. The zero-order valence-corrected chi connectivity index (χ0v) is 20.3. The third-order valence-electron chi connectivity index (χ3n) is 4.71. The summed E-state index contributed by atoms with van der Waals surface area (Å²) in [4.78, 5) is 38.3. The van der Waals surface area contributed by atoms with E-state index in [2.05, 4.69) is 26.3 Å². The standard InChI is InChI=1S/C23H23BrF2N4O4/c1-23(2,3)34-21(32)27-18(14-8-5-4-6-9-14)13-29-20(31)19(24)28-30(22(29)33)12-15-16(25)10-7-11-17(15)26/h4-11,18H,12-13H2,1-3H3,(H,27,32)/t18-/m0/s1. The van der Waals surface area contributed by atoms with E-state index >= 15 is 0 Å². The summed E-state index contributed by atoms with van der Waals surface area (Å²) in [6.45, 7) is 4.30. The molecule has 1 aromatic heterocycles. The van der Waals surface area contributed by atoms with Gasteiger partial charge in [-0.25, -0.2) is 23.1 Å². The van der Waals surface area contributed by atoms with Gasteiger partial charge in [0.25, 0.3) is 5.56 Å². The van der Waals surface area contributed by atoms with E-state index in [9.17, 15) is 23.2 Å². The molecule has 34 heavy (non-hydrogen) atoms. The molecule has 3 aromatic rings. The predicted octanol–water partition coefficient (Wildman–Crippen LogP) is 3.76. The highest BCUT2D eigenvalue weighted by molar-refractivity contribution is 9.10. The van der Waals surface area contributed by atoms with Crippen molar-refractivity contribution in [1.82, 2.24) is 19.7 Å². The van der Waals surface area contributed by atoms with Crippen molar-refractivity contribution in [3.63, 3.8) is 0 Å². The number of ether oxygens (including phenoxy) is 1. The van der Waals surface area contributed by atoms with Crippen LogP contribution in [0.3, 0.4) is 0 Å². The summed E-state index contributed by atoms with van der Waals surface area (Å²) in [7, 11) is 0. The van der Waals surface area contributed by atoms with Crippen LogP contribution in [0, 0.1) is 11.6 Å². The van der Waals surface area contributed by atoms with Crippen LogP contribution < -0.4 is 16.6 Å². The van der Waals surface area contributed by atoms with Crippen LogP contribution in [0.15, 0.2) is 62.7 Å². The molecule has 0 aliphatic rings. The maximum atomic E-state index is 14.1. The number of halogens is 3. The van der Waals surface area contributed by atoms with Crippen molar-refractivity contribution in [2.75, 3.05) is 0 Å². The topological polar surface area (TPSA) is 95.2 Å². The molecule has 1 heterocycles. The van der Waals surface area contributed by atoms with Crippen LogP contribution in [0.4, 0.5) is 13.6 Å². The first-order valence-electron chi connectivity index (χ1n) is 10.3. The van der Waals surface area contributed by atoms with Crippen molar-refractivity contribution >= 4 is 22.0 Å². The van der Waals surface area contributed by atoms with Crippen molar-refractivity contribution < 1.29 is 18.3 Å². The van der Waals surface area contributed by atoms with E-state index < -0.39 is 47.2 Å². The molecule has 180 valence electrons. The summed E-state index contributed by atoms with van der Waals surface area (Å²) in [6.07, 6.45) is -0.740. The second kappa shape index (κ2) is 10.3. The van der Waals surface area contributed by atoms with Crippen LogP contribution in [0.2, 0.25) is 0 Å². The van der Waals surface area contributed by atoms with Crippen molar-refractivity contribution in [1.29, 1.82) is 0 Å². The van der Waals surface area contributed by atoms with Gasteiger partial charge in [0.2, 0.25) is 0 Å². The molecule has 8 nitrogen and oxygen atoms in total. The maximum absolute atomic E-state index is 14.1. The van der Waals surface area contributed by atoms with Gasteiger partial charge in [0, 0.05) is 5.56 Å². The molecule has 0 bridgehead atoms. The quantitative estimate of drug-likeness (QED) is 0.517. The number of carbonyl (C=O) groups is 1. The first kappa shape index (κ1) is 25.3. The number of carbonyl (C=O) groups excluding carboxylic acids is 1. The highest BCUT2D eigenvalue weighted by atomic mass is 79.9. The van der Waals surface area contributed by atoms with Crippen LogP contribution in [-0.2, 0) is 17.8 Å². The lowest BCUT2D eigenvalue weighted by molar-refractivity contribution is 0.0497. The molecular formula is C23H23BrF2N4O4. The van der Waals surface area contributed by atoms with Crippen molar-refractivity contribution in [2.24, 2.45) is 0 Å². The number of alkyl carbamates (subject to hydrolysis) is 1. The lowest BCUT2D eigenvalue weighted by Gasteiger charge is -2.24. The van der Waals surface area contributed by atoms with Gasteiger partial charge >= 0.3 is 11.8 Å². The normalized spacial score (nSPS) is 12.3. The third kappa shape index (κ3) is 6.16. The Balaban J connectivity index is 2.01. The molecule has 1 amide bonds. The minimum Gasteiger partial charge on any atom is -0.444 e. The van der Waals surface area contributed by atoms with Crippen LogP contribution in [0.1, 0.15) is 37.9 Å². The molecule has 3 rings (SSSR count). The monoisotopic (exact) mass is 536 g/mol. The fraction of sp³-hybridized carbons (Fsp3) is 0.304. The number of benzene rings is 2. The second-order valence-electron chi connectivity index (χ2n) is 8.46. The van der Waals surface area contributed by atoms with E-state index in [0.717, 1.165) is 21.4 Å². The van der Waals surface area contributed by atoms with E-state index in [1.54, 1.807) is 51.1 Å². The van der Waals surface area contributed by atoms with Gasteiger partial charge in [0.05, 0.1) is 19.1 Å². The zero-order chi connectivity index (χ0) is 25.0. The Morgan fingerprint density at radius 2 is 1.71 bits per heavy atom. The highest BCUT2D eigenvalue weighted by Gasteiger charge is 2.23. The van der Waals surface area contributed by atoms with Crippen molar-refractivity contribution in [3.8, 4) is 0 Å². The maximum Gasteiger partial charge on any atom is 0.408 e. The zero-order valence-electron chi connectivity index (χ0n) is 18.7. The Kier molecular flexibility index (Phi) is 7.65. The minimum atomic E-state index is -0.900. The van der Waals surface area contributed by atoms with Crippen molar-refractivity contribution in [3.05, 3.63) is 96.7 Å². The van der Waals surface area contributed by atoms with Crippen molar-refractivity contribution in [2.45, 2.75) is 45.5 Å². The summed E-state index contributed by atoms with van der Waals surface area (Å²) >= 11 is 3.01. The fourth-order valence-corrected chi connectivity index (χ4v) is 3.58. The average Bonchev–Trinajstić information content (AvgIpc) is 2.75. The Morgan fingerprint density at radius 1 is 1.09 bits per heavy atom. The van der Waals surface area contributed by atoms with E-state index in [4.69, 9.17) is 4.74 Å². The molecule has 0 fully saturated rings. The average molecular weight is 537 g/mol. The summed E-state index contributed by atoms with van der Waals surface area (Å²) in [5.41, 5.74) is -2.19. The molecule has 0 spiro atoms. The predicted molar refractivity (Wildman–Crippen MR) is 124 cm³/mol. The van der Waals surface area contributed by atoms with Gasteiger partial charge in [0.1, 0.15) is 17.2 Å². The van der Waals surface area contributed by atoms with Gasteiger partial charge in [-0.15, -0.1) is 0 Å². The smallest absolute Gasteiger partial charge is 0.408 e. The number of rotatable bonds is 6. The molecule has 0 unspecified atom stereocenters. The summed E-state index contributed by atoms with van der Waals surface area (Å²) in [6, 6.07) is 11.2. The number of nitrogens with zero attached hydrogens (tertiary/aromatic N) is 3. The molecule has 0 aliphatic carbocycles. The number of nitrogens with one attached hydrogen (secondary N) is 1. The lowest BCUT2D eigenvalue weighted by Crippen LogP contribution is -2.46. The highest BCUT2D eigenvalue weighted by Crippen LogP contribution is 2.17. The Hall–Kier alpha value is -3.34. The van der Waals surface area contributed by atoms with Crippen LogP contribution in [0.5, 0.6) is 0 Å². The lowest BCUT2D eigenvalue weighted by atomic mass is 10.1. The van der Waals surface area contributed by atoms with E-state index in [1.807, 2.05) is 0 Å². The van der Waals surface area contributed by atoms with E-state index in [1.165, 1.54) is 6.07 Å². The molecule has 11 heteroatoms. The molecule has 1 atom stereocenters. The Bertz CT molecular complexity index is 1280. The number of amides is 1. The molecule has 0 radical (unpaired) electrons. The van der Waals surface area contributed by atoms with E-state index in [0.29, 0.717) is 5.56 Å². The van der Waals surface area contributed by atoms with Gasteiger partial charge in [0.15, 0.2) is 4.60 Å². The molecule has 0 saturated carbocycles. The number of hydrogen-bond donors (Lipinski definition) is 1. The fourth-order valence-electron chi connectivity index (χ4n) is 3.18. The molecule has 0 aliphatic heterocycles. The molecule has 0 saturated heterocycles. The SMILES string of the molecule is CC(C)(C)OC(=O)N[C@@H](Cn1c(=O)c(Br)nn(Cc2c(F)cccc2F)c1=O)c1ccccc1. The number of aromatic nitrogens is 3. The van der Waals surface area contributed by atoms with Gasteiger partial charge in [-0.3, -0.25) is 9.36 Å². The second-order valence-corrected chi connectivity index (χ2v) is 9.21. The Morgan fingerprint density at radius 3 is 2.29 bits per heavy atom. The van der Waals surface area contributed by atoms with Gasteiger partial charge in [-0.05, 0) is 54.4 Å². The van der Waals surface area contributed by atoms with Crippen LogP contribution >= 0.6 is 15.9 Å². The van der Waals surface area contributed by atoms with Gasteiger partial charge in [-0.1, -0.05) is 36.4 Å². The van der Waals surface area contributed by atoms with Crippen LogP contribution in [0.25, 0.3) is 0 Å². The van der Waals surface area contributed by atoms with Gasteiger partial charge in [-0.2, -0.15) is 5.10 Å². The molecule has 1 N–H and O–H groups in total. The minimum absolute atomic E-state index is 0.229. The first-order valence-corrected chi connectivity index (χ1v) is 11.1. The first-order chi connectivity index (χ1) is 16.0. The summed E-state index contributed by atoms with van der Waals surface area (Å²) in [5.74, 6) is -1.70. The molecular weight excluding hydrogens is 514 g/mol. The van der Waals surface area contributed by atoms with E-state index in [-0.39, 0.29) is 16.7 Å². The number of hydrogen-bond acceptors (Lipinski definition) is 5. The third-order valence-corrected chi connectivity index (χ3v) is 5.21. The van der Waals surface area contributed by atoms with Gasteiger partial charge < -0.3 is 10.1 Å². The van der Waals surface area contributed by atoms with Crippen LogP contribution in [-0.4, -0.2) is 26.0 Å². The summed E-state index contributed by atoms with van der Waals surface area (Å²) < 4.78 is 35.0. The summed E-state index contributed by atoms with van der Waals surface area (Å²) in [5, 5.41) is 6.52.